The van der Waals surface area contributed by atoms with Gasteiger partial charge in [0, 0.05) is 0 Å². The van der Waals surface area contributed by atoms with Crippen molar-refractivity contribution in [3.63, 3.8) is 0 Å². The first-order chi connectivity index (χ1) is 5.82. The highest BCUT2D eigenvalue weighted by Crippen LogP contribution is 2.21. The number of nitrogen functional groups attached to an aromatic ring is 1. The van der Waals surface area contributed by atoms with E-state index in [1.165, 1.54) is 12.1 Å². The van der Waals surface area contributed by atoms with Gasteiger partial charge in [0.25, 0.3) is 10.1 Å². The topological polar surface area (TPSA) is 80.4 Å². The third-order valence-corrected chi connectivity index (χ3v) is 2.81. The van der Waals surface area contributed by atoms with Gasteiger partial charge in [-0.15, -0.1) is 0 Å². The first-order valence-electron chi connectivity index (χ1n) is 3.66. The van der Waals surface area contributed by atoms with Gasteiger partial charge in [0.15, 0.2) is 0 Å². The molecule has 0 bridgehead atoms. The van der Waals surface area contributed by atoms with Gasteiger partial charge in [0.2, 0.25) is 0 Å². The molecule has 0 spiro atoms. The number of nitrogens with two attached hydrogens (primary N) is 1. The van der Waals surface area contributed by atoms with Crippen molar-refractivity contribution in [3.8, 4) is 0 Å². The van der Waals surface area contributed by atoms with Crippen molar-refractivity contribution in [1.82, 2.24) is 0 Å². The fraction of sp³-hybridized carbons (Fsp3) is 0.250. The lowest BCUT2D eigenvalue weighted by molar-refractivity contribution is 0.483. The van der Waals surface area contributed by atoms with Crippen molar-refractivity contribution in [2.24, 2.45) is 0 Å². The molecule has 1 aromatic rings. The Morgan fingerprint density at radius 3 is 2.15 bits per heavy atom. The molecule has 5 heteroatoms. The van der Waals surface area contributed by atoms with Gasteiger partial charge in [-0.25, -0.2) is 0 Å². The predicted molar refractivity (Wildman–Crippen MR) is 50.1 cm³/mol. The lowest BCUT2D eigenvalue weighted by atomic mass is 10.1. The van der Waals surface area contributed by atoms with Gasteiger partial charge in [-0.3, -0.25) is 4.55 Å². The van der Waals surface area contributed by atoms with Crippen molar-refractivity contribution in [3.05, 3.63) is 23.3 Å². The predicted octanol–water partition coefficient (Wildman–Crippen LogP) is 1.13. The van der Waals surface area contributed by atoms with Crippen LogP contribution >= 0.6 is 0 Å². The molecule has 0 aliphatic carbocycles. The fourth-order valence-corrected chi connectivity index (χ4v) is 1.72. The lowest BCUT2D eigenvalue weighted by Gasteiger charge is -2.06. The maximum absolute atomic E-state index is 10.8. The average Bonchev–Trinajstić information content (AvgIpc) is 1.94. The summed E-state index contributed by atoms with van der Waals surface area (Å²) in [5.74, 6) is 0. The van der Waals surface area contributed by atoms with Crippen LogP contribution in [0.4, 0.5) is 5.69 Å². The van der Waals surface area contributed by atoms with Crippen molar-refractivity contribution in [2.45, 2.75) is 18.7 Å². The number of aryl methyl sites for hydroxylation is 2. The minimum Gasteiger partial charge on any atom is -0.398 e. The average molecular weight is 201 g/mol. The standard InChI is InChI=1S/C8H11NO3S/c1-5-3-7(9)8(4-6(5)2)13(10,11)12/h3-4H,9H2,1-2H3,(H,10,11,12). The van der Waals surface area contributed by atoms with E-state index in [0.717, 1.165) is 11.1 Å². The van der Waals surface area contributed by atoms with E-state index in [0.29, 0.717) is 0 Å². The van der Waals surface area contributed by atoms with Crippen molar-refractivity contribution in [1.29, 1.82) is 0 Å². The smallest absolute Gasteiger partial charge is 0.296 e. The maximum Gasteiger partial charge on any atom is 0.296 e. The maximum atomic E-state index is 10.8. The normalized spacial score (nSPS) is 11.6. The quantitative estimate of drug-likeness (QED) is 0.527. The van der Waals surface area contributed by atoms with Crippen molar-refractivity contribution < 1.29 is 13.0 Å². The Hall–Kier alpha value is -1.07. The van der Waals surface area contributed by atoms with Crippen LogP contribution in [-0.4, -0.2) is 13.0 Å². The van der Waals surface area contributed by atoms with E-state index in [9.17, 15) is 8.42 Å². The summed E-state index contributed by atoms with van der Waals surface area (Å²) in [6, 6.07) is 2.89. The number of benzene rings is 1. The lowest BCUT2D eigenvalue weighted by Crippen LogP contribution is -2.04. The zero-order valence-corrected chi connectivity index (χ0v) is 8.22. The molecule has 0 fully saturated rings. The van der Waals surface area contributed by atoms with Gasteiger partial charge in [0.1, 0.15) is 4.90 Å². The summed E-state index contributed by atoms with van der Waals surface area (Å²) in [7, 11) is -4.20. The molecule has 0 radical (unpaired) electrons. The van der Waals surface area contributed by atoms with Crippen LogP contribution in [0, 0.1) is 13.8 Å². The number of anilines is 1. The van der Waals surface area contributed by atoms with Crippen LogP contribution in [0.3, 0.4) is 0 Å². The highest BCUT2D eigenvalue weighted by atomic mass is 32.2. The van der Waals surface area contributed by atoms with Crippen LogP contribution in [0.1, 0.15) is 11.1 Å². The van der Waals surface area contributed by atoms with E-state index < -0.39 is 10.1 Å². The summed E-state index contributed by atoms with van der Waals surface area (Å²) in [5, 5.41) is 0. The third kappa shape index (κ3) is 1.99. The van der Waals surface area contributed by atoms with E-state index in [-0.39, 0.29) is 10.6 Å². The van der Waals surface area contributed by atoms with E-state index in [4.69, 9.17) is 10.3 Å². The Morgan fingerprint density at radius 2 is 1.69 bits per heavy atom. The molecular formula is C8H11NO3S. The van der Waals surface area contributed by atoms with E-state index >= 15 is 0 Å². The number of hydrogen-bond acceptors (Lipinski definition) is 3. The summed E-state index contributed by atoms with van der Waals surface area (Å²) in [6.45, 7) is 3.57. The molecule has 1 rings (SSSR count). The van der Waals surface area contributed by atoms with E-state index in [1.807, 2.05) is 6.92 Å². The molecule has 0 aromatic heterocycles. The second-order valence-electron chi connectivity index (χ2n) is 2.95. The Balaban J connectivity index is 3.50. The van der Waals surface area contributed by atoms with Gasteiger partial charge in [-0.1, -0.05) is 0 Å². The fourth-order valence-electron chi connectivity index (χ4n) is 1.04. The molecule has 0 aliphatic heterocycles. The zero-order valence-electron chi connectivity index (χ0n) is 7.40. The van der Waals surface area contributed by atoms with Crippen LogP contribution in [0.25, 0.3) is 0 Å². The summed E-state index contributed by atoms with van der Waals surface area (Å²) in [4.78, 5) is -0.226. The summed E-state index contributed by atoms with van der Waals surface area (Å²) in [6.07, 6.45) is 0. The molecular weight excluding hydrogens is 190 g/mol. The first-order valence-corrected chi connectivity index (χ1v) is 5.10. The second kappa shape index (κ2) is 3.01. The van der Waals surface area contributed by atoms with Crippen LogP contribution in [0.2, 0.25) is 0 Å². The van der Waals surface area contributed by atoms with E-state index in [1.54, 1.807) is 6.92 Å². The molecule has 0 saturated carbocycles. The molecule has 0 aliphatic rings. The van der Waals surface area contributed by atoms with Crippen LogP contribution in [0.15, 0.2) is 17.0 Å². The molecule has 72 valence electrons. The second-order valence-corrected chi connectivity index (χ2v) is 4.34. The minimum absolute atomic E-state index is 0.0746. The van der Waals surface area contributed by atoms with Gasteiger partial charge >= 0.3 is 0 Å². The molecule has 0 saturated heterocycles. The molecule has 0 amide bonds. The first kappa shape index (κ1) is 10.0. The third-order valence-electron chi connectivity index (χ3n) is 1.90. The van der Waals surface area contributed by atoms with Crippen LogP contribution < -0.4 is 5.73 Å². The molecule has 1 aromatic carbocycles. The van der Waals surface area contributed by atoms with Crippen molar-refractivity contribution >= 4 is 15.8 Å². The molecule has 0 heterocycles. The van der Waals surface area contributed by atoms with Crippen LogP contribution in [0.5, 0.6) is 0 Å². The Labute approximate surface area is 77.1 Å². The molecule has 0 unspecified atom stereocenters. The monoisotopic (exact) mass is 201 g/mol. The largest absolute Gasteiger partial charge is 0.398 e. The number of hydrogen-bond donors (Lipinski definition) is 2. The molecule has 4 nitrogen and oxygen atoms in total. The Kier molecular flexibility index (Phi) is 2.32. The highest BCUT2D eigenvalue weighted by molar-refractivity contribution is 7.86. The van der Waals surface area contributed by atoms with Gasteiger partial charge in [-0.2, -0.15) is 8.42 Å². The van der Waals surface area contributed by atoms with E-state index in [2.05, 4.69) is 0 Å². The summed E-state index contributed by atoms with van der Waals surface area (Å²) in [5.41, 5.74) is 7.18. The van der Waals surface area contributed by atoms with Crippen molar-refractivity contribution in [2.75, 3.05) is 5.73 Å². The van der Waals surface area contributed by atoms with Gasteiger partial charge in [-0.05, 0) is 37.1 Å². The Morgan fingerprint density at radius 1 is 1.23 bits per heavy atom. The summed E-state index contributed by atoms with van der Waals surface area (Å²) >= 11 is 0. The highest BCUT2D eigenvalue weighted by Gasteiger charge is 2.14. The van der Waals surface area contributed by atoms with Gasteiger partial charge in [0.05, 0.1) is 5.69 Å². The molecule has 13 heavy (non-hydrogen) atoms. The Bertz CT molecular complexity index is 437. The molecule has 3 N–H and O–H groups in total. The van der Waals surface area contributed by atoms with Crippen LogP contribution in [-0.2, 0) is 10.1 Å². The summed E-state index contributed by atoms with van der Waals surface area (Å²) < 4.78 is 30.4. The minimum atomic E-state index is -4.20. The number of rotatable bonds is 1. The SMILES string of the molecule is Cc1cc(N)c(S(=O)(=O)O)cc1C. The van der Waals surface area contributed by atoms with Gasteiger partial charge < -0.3 is 5.73 Å². The zero-order chi connectivity index (χ0) is 10.2. The molecule has 0 atom stereocenters.